The molecule has 1 aromatic heterocycles. The van der Waals surface area contributed by atoms with Crippen LogP contribution in [-0.2, 0) is 23.8 Å². The van der Waals surface area contributed by atoms with Gasteiger partial charge in [0.15, 0.2) is 5.60 Å². The Morgan fingerprint density at radius 2 is 1.95 bits per heavy atom. The summed E-state index contributed by atoms with van der Waals surface area (Å²) < 4.78 is 23.5. The second kappa shape index (κ2) is 13.6. The first-order chi connectivity index (χ1) is 19.0. The van der Waals surface area contributed by atoms with Crippen molar-refractivity contribution in [2.24, 2.45) is 5.92 Å². The van der Waals surface area contributed by atoms with Crippen LogP contribution in [0.3, 0.4) is 0 Å². The summed E-state index contributed by atoms with van der Waals surface area (Å²) in [5.41, 5.74) is -0.415. The maximum absolute atomic E-state index is 14.3. The van der Waals surface area contributed by atoms with Crippen LogP contribution in [0.5, 0.6) is 5.75 Å². The van der Waals surface area contributed by atoms with Gasteiger partial charge in [-0.25, -0.2) is 4.79 Å². The Balaban J connectivity index is 2.16. The molecular formula is C32H46N2O6. The molecule has 0 aliphatic carbocycles. The number of benzene rings is 1. The highest BCUT2D eigenvalue weighted by molar-refractivity contribution is 5.87. The predicted molar refractivity (Wildman–Crippen MR) is 156 cm³/mol. The lowest BCUT2D eigenvalue weighted by molar-refractivity contribution is -0.218. The second-order valence-electron chi connectivity index (χ2n) is 11.3. The number of pyridine rings is 1. The Morgan fingerprint density at radius 3 is 2.55 bits per heavy atom. The molecule has 0 bridgehead atoms. The van der Waals surface area contributed by atoms with Crippen molar-refractivity contribution < 1.29 is 28.5 Å². The van der Waals surface area contributed by atoms with Crippen LogP contribution < -0.4 is 4.74 Å². The summed E-state index contributed by atoms with van der Waals surface area (Å²) in [6, 6.07) is 7.45. The van der Waals surface area contributed by atoms with Crippen LogP contribution in [0.4, 0.5) is 0 Å². The Labute approximate surface area is 239 Å². The van der Waals surface area contributed by atoms with E-state index >= 15 is 0 Å². The van der Waals surface area contributed by atoms with E-state index in [0.29, 0.717) is 12.2 Å². The van der Waals surface area contributed by atoms with Gasteiger partial charge in [0.05, 0.1) is 37.8 Å². The number of hydrogen-bond donors (Lipinski definition) is 0. The fourth-order valence-corrected chi connectivity index (χ4v) is 5.78. The molecule has 0 saturated carbocycles. The number of methoxy groups -OCH3 is 2. The molecule has 1 aliphatic rings. The van der Waals surface area contributed by atoms with E-state index in [1.54, 1.807) is 13.3 Å². The number of rotatable bonds is 13. The molecule has 1 saturated heterocycles. The lowest BCUT2D eigenvalue weighted by Gasteiger charge is -2.44. The van der Waals surface area contributed by atoms with Gasteiger partial charge in [0.2, 0.25) is 0 Å². The minimum Gasteiger partial charge on any atom is -0.497 e. The van der Waals surface area contributed by atoms with Crippen molar-refractivity contribution in [3.8, 4) is 5.75 Å². The van der Waals surface area contributed by atoms with Crippen LogP contribution >= 0.6 is 0 Å². The monoisotopic (exact) mass is 554 g/mol. The molecule has 8 nitrogen and oxygen atoms in total. The zero-order chi connectivity index (χ0) is 29.5. The fourth-order valence-electron chi connectivity index (χ4n) is 5.78. The van der Waals surface area contributed by atoms with Gasteiger partial charge in [0.1, 0.15) is 11.9 Å². The van der Waals surface area contributed by atoms with Gasteiger partial charge in [-0.3, -0.25) is 14.7 Å². The molecule has 0 radical (unpaired) electrons. The predicted octanol–water partition coefficient (Wildman–Crippen LogP) is 6.03. The van der Waals surface area contributed by atoms with Crippen LogP contribution in [0.15, 0.2) is 43.1 Å². The van der Waals surface area contributed by atoms with E-state index < -0.39 is 29.2 Å². The van der Waals surface area contributed by atoms with Gasteiger partial charge in [-0.1, -0.05) is 26.8 Å². The summed E-state index contributed by atoms with van der Waals surface area (Å²) in [7, 11) is 2.94. The molecule has 0 amide bonds. The Kier molecular flexibility index (Phi) is 10.7. The zero-order valence-corrected chi connectivity index (χ0v) is 25.2. The summed E-state index contributed by atoms with van der Waals surface area (Å²) >= 11 is 0. The van der Waals surface area contributed by atoms with Crippen LogP contribution in [0.2, 0.25) is 0 Å². The summed E-state index contributed by atoms with van der Waals surface area (Å²) in [5.74, 6) is -0.123. The third kappa shape index (κ3) is 7.21. The van der Waals surface area contributed by atoms with Crippen LogP contribution in [-0.4, -0.2) is 66.4 Å². The molecule has 4 atom stereocenters. The molecule has 0 N–H and O–H groups in total. The molecule has 1 aromatic carbocycles. The molecule has 1 aliphatic heterocycles. The van der Waals surface area contributed by atoms with E-state index in [4.69, 9.17) is 18.9 Å². The van der Waals surface area contributed by atoms with E-state index in [1.807, 2.05) is 44.2 Å². The third-order valence-electron chi connectivity index (χ3n) is 7.95. The number of carbonyl (C=O) groups excluding carboxylic acids is 2. The molecule has 3 rings (SSSR count). The lowest BCUT2D eigenvalue weighted by atomic mass is 9.84. The standard InChI is InChI=1S/C32H46N2O6/c1-9-22(4)21-34(11-3)27(10-2)29(24-15-18-33-26-14-13-23(37-7)19-25(24)26)39-30(36)32(20-28(35)38-8)17-12-16-31(5,6)40-32/h9,13-15,18-19,22,27,29H,1,10-12,16-17,20-21H2,2-8H3/t22-,27?,29?,32?/m1/s1. The molecule has 2 aromatic rings. The number of ether oxygens (including phenoxy) is 4. The van der Waals surface area contributed by atoms with Gasteiger partial charge in [0.25, 0.3) is 0 Å². The van der Waals surface area contributed by atoms with Crippen molar-refractivity contribution >= 4 is 22.8 Å². The first-order valence-electron chi connectivity index (χ1n) is 14.3. The van der Waals surface area contributed by atoms with E-state index in [0.717, 1.165) is 48.8 Å². The van der Waals surface area contributed by atoms with Crippen molar-refractivity contribution in [1.29, 1.82) is 0 Å². The largest absolute Gasteiger partial charge is 0.497 e. The van der Waals surface area contributed by atoms with Gasteiger partial charge >= 0.3 is 11.9 Å². The van der Waals surface area contributed by atoms with Gasteiger partial charge in [-0.2, -0.15) is 0 Å². The molecule has 0 spiro atoms. The number of hydrogen-bond acceptors (Lipinski definition) is 8. The Hall–Kier alpha value is -2.97. The van der Waals surface area contributed by atoms with Gasteiger partial charge in [-0.05, 0) is 76.3 Å². The number of carbonyl (C=O) groups is 2. The van der Waals surface area contributed by atoms with Crippen molar-refractivity contribution in [3.63, 3.8) is 0 Å². The maximum Gasteiger partial charge on any atom is 0.339 e. The average Bonchev–Trinajstić information content (AvgIpc) is 2.94. The highest BCUT2D eigenvalue weighted by Gasteiger charge is 2.51. The summed E-state index contributed by atoms with van der Waals surface area (Å²) in [6.45, 7) is 15.7. The van der Waals surface area contributed by atoms with E-state index in [2.05, 4.69) is 37.2 Å². The number of nitrogens with zero attached hydrogens (tertiary/aromatic N) is 2. The van der Waals surface area contributed by atoms with Gasteiger partial charge < -0.3 is 18.9 Å². The first kappa shape index (κ1) is 31.6. The highest BCUT2D eigenvalue weighted by Crippen LogP contribution is 2.41. The van der Waals surface area contributed by atoms with Crippen LogP contribution in [0.1, 0.15) is 78.4 Å². The van der Waals surface area contributed by atoms with Crippen LogP contribution in [0.25, 0.3) is 10.9 Å². The quantitative estimate of drug-likeness (QED) is 0.219. The van der Waals surface area contributed by atoms with E-state index in [9.17, 15) is 9.59 Å². The molecule has 3 unspecified atom stereocenters. The zero-order valence-electron chi connectivity index (χ0n) is 25.2. The fraction of sp³-hybridized carbons (Fsp3) is 0.594. The van der Waals surface area contributed by atoms with Crippen molar-refractivity contribution in [2.45, 2.75) is 90.1 Å². The lowest BCUT2D eigenvalue weighted by Crippen LogP contribution is -2.54. The molecular weight excluding hydrogens is 508 g/mol. The number of aromatic nitrogens is 1. The van der Waals surface area contributed by atoms with Crippen molar-refractivity contribution in [3.05, 3.63) is 48.7 Å². The third-order valence-corrected chi connectivity index (χ3v) is 7.95. The van der Waals surface area contributed by atoms with E-state index in [-0.39, 0.29) is 18.4 Å². The van der Waals surface area contributed by atoms with Crippen molar-refractivity contribution in [1.82, 2.24) is 9.88 Å². The normalized spacial score (nSPS) is 20.9. The Morgan fingerprint density at radius 1 is 1.20 bits per heavy atom. The van der Waals surface area contributed by atoms with Gasteiger partial charge in [0, 0.05) is 23.7 Å². The first-order valence-corrected chi connectivity index (χ1v) is 14.3. The SMILES string of the molecule is C=C[C@@H](C)CN(CC)C(CC)C(OC(=O)C1(CC(=O)OC)CCCC(C)(C)O1)c1ccnc2ccc(OC)cc12. The molecule has 8 heteroatoms. The minimum atomic E-state index is -1.43. The Bertz CT molecular complexity index is 1180. The maximum atomic E-state index is 14.3. The molecule has 1 fully saturated rings. The smallest absolute Gasteiger partial charge is 0.339 e. The second-order valence-corrected chi connectivity index (χ2v) is 11.3. The number of fused-ring (bicyclic) bond motifs is 1. The average molecular weight is 555 g/mol. The van der Waals surface area contributed by atoms with Crippen molar-refractivity contribution in [2.75, 3.05) is 27.3 Å². The topological polar surface area (TPSA) is 87.2 Å². The van der Waals surface area contributed by atoms with E-state index in [1.165, 1.54) is 7.11 Å². The minimum absolute atomic E-state index is 0.153. The molecule has 220 valence electrons. The molecule has 2 heterocycles. The highest BCUT2D eigenvalue weighted by atomic mass is 16.6. The summed E-state index contributed by atoms with van der Waals surface area (Å²) in [6.07, 6.45) is 5.43. The number of likely N-dealkylation sites (N-methyl/N-ethyl adjacent to an activating group) is 1. The molecule has 40 heavy (non-hydrogen) atoms. The summed E-state index contributed by atoms with van der Waals surface area (Å²) in [4.78, 5) is 33.7. The number of esters is 2. The van der Waals surface area contributed by atoms with Crippen LogP contribution in [0, 0.1) is 5.92 Å². The van der Waals surface area contributed by atoms with Gasteiger partial charge in [-0.15, -0.1) is 6.58 Å². The summed E-state index contributed by atoms with van der Waals surface area (Å²) in [5, 5.41) is 0.845.